The van der Waals surface area contributed by atoms with Crippen LogP contribution in [0.1, 0.15) is 79.0 Å². The van der Waals surface area contributed by atoms with Crippen LogP contribution in [0.3, 0.4) is 0 Å². The van der Waals surface area contributed by atoms with Crippen molar-refractivity contribution in [2.75, 3.05) is 16.5 Å². The predicted molar refractivity (Wildman–Crippen MR) is 325 cm³/mol. The molecule has 0 N–H and O–H groups in total. The molecule has 0 amide bonds. The molecule has 0 aliphatic carbocycles. The highest BCUT2D eigenvalue weighted by Crippen LogP contribution is 2.51. The molecule has 5 heteroatoms. The maximum absolute atomic E-state index is 7.12. The van der Waals surface area contributed by atoms with E-state index in [1.165, 1.54) is 61.1 Å². The average molecular weight is 1000 g/mol. The highest BCUT2D eigenvalue weighted by Gasteiger charge is 2.33. The van der Waals surface area contributed by atoms with Gasteiger partial charge in [0.05, 0.1) is 28.1 Å². The van der Waals surface area contributed by atoms with Crippen LogP contribution in [0, 0.1) is 0 Å². The van der Waals surface area contributed by atoms with Crippen molar-refractivity contribution in [2.24, 2.45) is 0 Å². The van der Waals surface area contributed by atoms with Gasteiger partial charge in [-0.3, -0.25) is 4.57 Å². The zero-order valence-electron chi connectivity index (χ0n) is 45.8. The average Bonchev–Trinajstić information content (AvgIpc) is 3.99. The van der Waals surface area contributed by atoms with Crippen molar-refractivity contribution in [3.8, 4) is 61.8 Å². The summed E-state index contributed by atoms with van der Waals surface area (Å²) < 4.78 is 9.43. The van der Waals surface area contributed by atoms with E-state index in [0.29, 0.717) is 6.67 Å². The monoisotopic (exact) mass is 1000 g/mol. The van der Waals surface area contributed by atoms with E-state index in [0.717, 1.165) is 61.9 Å². The molecule has 0 bridgehead atoms. The summed E-state index contributed by atoms with van der Waals surface area (Å²) in [5, 5.41) is 2.32. The van der Waals surface area contributed by atoms with Crippen LogP contribution in [0.15, 0.2) is 225 Å². The van der Waals surface area contributed by atoms with Crippen LogP contribution < -0.4 is 14.5 Å². The Morgan fingerprint density at radius 2 is 0.974 bits per heavy atom. The van der Waals surface area contributed by atoms with Crippen molar-refractivity contribution in [3.63, 3.8) is 0 Å². The van der Waals surface area contributed by atoms with Crippen LogP contribution in [0.4, 0.5) is 22.7 Å². The number of aromatic nitrogens is 2. The second-order valence-electron chi connectivity index (χ2n) is 23.8. The lowest BCUT2D eigenvalue weighted by molar-refractivity contribution is 0.479. The summed E-state index contributed by atoms with van der Waals surface area (Å²) in [6.45, 7) is 21.1. The number of ether oxygens (including phenoxy) is 1. The van der Waals surface area contributed by atoms with Gasteiger partial charge < -0.3 is 14.5 Å². The fourth-order valence-electron chi connectivity index (χ4n) is 11.2. The first-order chi connectivity index (χ1) is 37.1. The molecule has 0 unspecified atom stereocenters. The molecule has 9 aromatic carbocycles. The van der Waals surface area contributed by atoms with E-state index in [1.807, 2.05) is 0 Å². The minimum Gasteiger partial charge on any atom is -0.457 e. The molecule has 0 spiro atoms. The second kappa shape index (κ2) is 19.2. The van der Waals surface area contributed by atoms with E-state index in [2.05, 4.69) is 301 Å². The van der Waals surface area contributed by atoms with Crippen molar-refractivity contribution < 1.29 is 4.74 Å². The predicted octanol–water partition coefficient (Wildman–Crippen LogP) is 19.8. The third-order valence-corrected chi connectivity index (χ3v) is 15.4. The summed E-state index contributed by atoms with van der Waals surface area (Å²) in [4.78, 5) is 10.2. The van der Waals surface area contributed by atoms with Gasteiger partial charge in [-0.1, -0.05) is 214 Å². The molecule has 380 valence electrons. The maximum Gasteiger partial charge on any atom is 0.137 e. The second-order valence-corrected chi connectivity index (χ2v) is 23.8. The van der Waals surface area contributed by atoms with Gasteiger partial charge in [0.15, 0.2) is 0 Å². The van der Waals surface area contributed by atoms with Gasteiger partial charge in [-0.05, 0) is 115 Å². The molecule has 3 heterocycles. The van der Waals surface area contributed by atoms with E-state index < -0.39 is 0 Å². The summed E-state index contributed by atoms with van der Waals surface area (Å²) in [6, 6.07) is 79.4. The summed E-state index contributed by atoms with van der Waals surface area (Å²) in [5.74, 6) is 2.42. The topological polar surface area (TPSA) is 33.5 Å². The smallest absolute Gasteiger partial charge is 0.137 e. The number of pyridine rings is 1. The zero-order chi connectivity index (χ0) is 53.2. The van der Waals surface area contributed by atoms with E-state index in [-0.39, 0.29) is 16.2 Å². The quantitative estimate of drug-likeness (QED) is 0.144. The lowest BCUT2D eigenvalue weighted by Crippen LogP contribution is -2.25. The number of para-hydroxylation sites is 4. The van der Waals surface area contributed by atoms with Crippen LogP contribution in [-0.4, -0.2) is 16.2 Å². The Hall–Kier alpha value is -8.67. The molecular formula is C72H66N4O. The first-order valence-corrected chi connectivity index (χ1v) is 27.0. The van der Waals surface area contributed by atoms with Crippen LogP contribution in [-0.2, 0) is 16.2 Å². The molecule has 1 aliphatic rings. The van der Waals surface area contributed by atoms with Crippen molar-refractivity contribution >= 4 is 44.6 Å². The Bertz CT molecular complexity index is 3980. The highest BCUT2D eigenvalue weighted by molar-refractivity contribution is 6.09. The maximum atomic E-state index is 7.12. The fourth-order valence-corrected chi connectivity index (χ4v) is 11.2. The molecule has 12 rings (SSSR count). The van der Waals surface area contributed by atoms with E-state index in [4.69, 9.17) is 9.72 Å². The SMILES string of the molecule is CC(C)(C)c1ccc(-c2cccc(-c3cccc(-c4ccccc4)c3)c2N2CN(c3cc(Oc4ccc5c6ccccc6n(-c6cc(C(C)(C)C)c(-c7ccccc7)cn6)c5c4)cc(C(C)(C)C)c3)c3ccccc32)cc1. The highest BCUT2D eigenvalue weighted by atomic mass is 16.5. The van der Waals surface area contributed by atoms with Crippen molar-refractivity contribution in [1.29, 1.82) is 0 Å². The fraction of sp³-hybridized carbons (Fsp3) is 0.181. The Balaban J connectivity index is 0.967. The van der Waals surface area contributed by atoms with E-state index in [1.54, 1.807) is 0 Å². The van der Waals surface area contributed by atoms with E-state index >= 15 is 0 Å². The van der Waals surface area contributed by atoms with E-state index in [9.17, 15) is 0 Å². The first kappa shape index (κ1) is 49.2. The van der Waals surface area contributed by atoms with Crippen molar-refractivity contribution in [1.82, 2.24) is 9.55 Å². The zero-order valence-corrected chi connectivity index (χ0v) is 45.8. The number of hydrogen-bond donors (Lipinski definition) is 0. The molecule has 5 nitrogen and oxygen atoms in total. The standard InChI is InChI=1S/C72H66N4O/c1-70(2,3)53-36-34-50(35-37-53)58-29-21-30-59(52-27-20-26-51(40-52)48-22-12-10-13-23-48)69(58)75-47-74(65-32-18-19-33-66(65)75)55-41-54(71(4,5)6)42-57(43-55)77-56-38-39-61-60-28-16-17-31-64(60)76(67(61)44-56)68-45-63(72(7,8)9)62(46-73-68)49-24-14-11-15-25-49/h10-46H,47H2,1-9H3. The molecule has 0 saturated heterocycles. The van der Waals surface area contributed by atoms with Gasteiger partial charge in [-0.2, -0.15) is 0 Å². The molecule has 11 aromatic rings. The Kier molecular flexibility index (Phi) is 12.3. The number of benzene rings is 9. The minimum atomic E-state index is -0.172. The molecule has 0 atom stereocenters. The molecule has 0 saturated carbocycles. The molecule has 0 radical (unpaired) electrons. The lowest BCUT2D eigenvalue weighted by atomic mass is 9.82. The van der Waals surface area contributed by atoms with Gasteiger partial charge >= 0.3 is 0 Å². The number of rotatable bonds is 9. The van der Waals surface area contributed by atoms with Gasteiger partial charge in [0.2, 0.25) is 0 Å². The molecule has 0 fully saturated rings. The van der Waals surface area contributed by atoms with Crippen LogP contribution in [0.25, 0.3) is 72.1 Å². The van der Waals surface area contributed by atoms with Gasteiger partial charge in [0.25, 0.3) is 0 Å². The Labute approximate surface area is 454 Å². The van der Waals surface area contributed by atoms with Crippen LogP contribution >= 0.6 is 0 Å². The number of nitrogens with zero attached hydrogens (tertiary/aromatic N) is 4. The molecular weight excluding hydrogens is 937 g/mol. The number of hydrogen-bond acceptors (Lipinski definition) is 4. The van der Waals surface area contributed by atoms with Crippen molar-refractivity contribution in [2.45, 2.75) is 78.6 Å². The summed E-state index contributed by atoms with van der Waals surface area (Å²) in [7, 11) is 0. The van der Waals surface area contributed by atoms with Gasteiger partial charge in [0, 0.05) is 51.5 Å². The summed E-state index contributed by atoms with van der Waals surface area (Å²) >= 11 is 0. The molecule has 1 aliphatic heterocycles. The van der Waals surface area contributed by atoms with Crippen LogP contribution in [0.2, 0.25) is 0 Å². The summed E-state index contributed by atoms with van der Waals surface area (Å²) in [5.41, 5.74) is 19.5. The third-order valence-electron chi connectivity index (χ3n) is 15.4. The Morgan fingerprint density at radius 3 is 1.68 bits per heavy atom. The van der Waals surface area contributed by atoms with Crippen molar-refractivity contribution in [3.05, 3.63) is 241 Å². The van der Waals surface area contributed by atoms with Crippen LogP contribution in [0.5, 0.6) is 11.5 Å². The van der Waals surface area contributed by atoms with Gasteiger partial charge in [-0.25, -0.2) is 4.98 Å². The van der Waals surface area contributed by atoms with Gasteiger partial charge in [-0.15, -0.1) is 0 Å². The van der Waals surface area contributed by atoms with Gasteiger partial charge in [0.1, 0.15) is 24.0 Å². The third kappa shape index (κ3) is 9.35. The molecule has 77 heavy (non-hydrogen) atoms. The number of fused-ring (bicyclic) bond motifs is 4. The molecule has 2 aromatic heterocycles. The Morgan fingerprint density at radius 1 is 0.390 bits per heavy atom. The lowest BCUT2D eigenvalue weighted by Gasteiger charge is -2.28. The largest absolute Gasteiger partial charge is 0.457 e. The number of anilines is 4. The minimum absolute atomic E-state index is 0.0379. The first-order valence-electron chi connectivity index (χ1n) is 27.0. The normalized spacial score (nSPS) is 12.9. The summed E-state index contributed by atoms with van der Waals surface area (Å²) in [6.07, 6.45) is 2.05.